The van der Waals surface area contributed by atoms with Gasteiger partial charge in [-0.2, -0.15) is 0 Å². The van der Waals surface area contributed by atoms with Crippen molar-refractivity contribution in [3.05, 3.63) is 120 Å². The number of anilines is 1. The van der Waals surface area contributed by atoms with Gasteiger partial charge in [-0.05, 0) is 62.6 Å². The number of carbonyl (C=O) groups excluding carboxylic acids is 1. The summed E-state index contributed by atoms with van der Waals surface area (Å²) in [6, 6.07) is 29.8. The van der Waals surface area contributed by atoms with Gasteiger partial charge in [0.15, 0.2) is 5.88 Å². The van der Waals surface area contributed by atoms with Gasteiger partial charge >= 0.3 is 5.97 Å². The Morgan fingerprint density at radius 3 is 2.14 bits per heavy atom. The van der Waals surface area contributed by atoms with Gasteiger partial charge in [0.05, 0.1) is 40.2 Å². The third kappa shape index (κ3) is 6.30. The summed E-state index contributed by atoms with van der Waals surface area (Å²) in [5.74, 6) is -0.580. The first-order valence-electron chi connectivity index (χ1n) is 13.6. The molecule has 0 saturated carbocycles. The summed E-state index contributed by atoms with van der Waals surface area (Å²) in [5.41, 5.74) is 3.71. The number of carbonyl (C=O) groups is 1. The molecule has 0 aliphatic rings. The van der Waals surface area contributed by atoms with Crippen molar-refractivity contribution < 1.29 is 23.1 Å². The van der Waals surface area contributed by atoms with E-state index in [1.165, 1.54) is 11.4 Å². The number of fused-ring (bicyclic) bond motifs is 1. The molecule has 0 aliphatic heterocycles. The summed E-state index contributed by atoms with van der Waals surface area (Å²) in [6.07, 6.45) is 0. The first-order valence-corrected chi connectivity index (χ1v) is 15.0. The number of nitrogens with zero attached hydrogens (tertiary/aromatic N) is 3. The lowest BCUT2D eigenvalue weighted by Gasteiger charge is -2.26. The van der Waals surface area contributed by atoms with Crippen LogP contribution in [0.2, 0.25) is 0 Å². The standard InChI is InChI=1S/C33H32N4O5S/c1-36(2)20-21-37(43(40,41)27-12-8-5-9-13-27)26-17-15-25(16-18-26)34-31(23-10-6-4-7-11-23)30-28-19-14-24(33(39)42-3)22-29(28)35-32(30)38/h4-19,22,35,38H,20-21H2,1-3H3. The van der Waals surface area contributed by atoms with Crippen molar-refractivity contribution in [1.82, 2.24) is 9.88 Å². The van der Waals surface area contributed by atoms with Gasteiger partial charge in [-0.3, -0.25) is 4.31 Å². The molecule has 0 atom stereocenters. The minimum absolute atomic E-state index is 0.0972. The van der Waals surface area contributed by atoms with Gasteiger partial charge in [0.25, 0.3) is 10.0 Å². The highest BCUT2D eigenvalue weighted by Crippen LogP contribution is 2.33. The number of benzene rings is 4. The summed E-state index contributed by atoms with van der Waals surface area (Å²) in [5, 5.41) is 11.7. The monoisotopic (exact) mass is 596 g/mol. The maximum Gasteiger partial charge on any atom is 0.337 e. The number of rotatable bonds is 10. The maximum absolute atomic E-state index is 13.6. The van der Waals surface area contributed by atoms with Crippen molar-refractivity contribution in [2.45, 2.75) is 4.90 Å². The minimum Gasteiger partial charge on any atom is -0.494 e. The van der Waals surface area contributed by atoms with Crippen LogP contribution in [-0.4, -0.2) is 69.4 Å². The third-order valence-corrected chi connectivity index (χ3v) is 8.79. The molecule has 43 heavy (non-hydrogen) atoms. The Bertz CT molecular complexity index is 1870. The first kappa shape index (κ1) is 29.6. The zero-order valence-electron chi connectivity index (χ0n) is 24.1. The number of sulfonamides is 1. The maximum atomic E-state index is 13.6. The fourth-order valence-corrected chi connectivity index (χ4v) is 6.23. The smallest absolute Gasteiger partial charge is 0.337 e. The Morgan fingerprint density at radius 2 is 1.51 bits per heavy atom. The number of nitrogens with one attached hydrogen (secondary N) is 1. The van der Waals surface area contributed by atoms with E-state index >= 15 is 0 Å². The molecule has 4 aromatic carbocycles. The van der Waals surface area contributed by atoms with Crippen LogP contribution in [0.1, 0.15) is 21.5 Å². The molecule has 0 radical (unpaired) electrons. The van der Waals surface area contributed by atoms with Gasteiger partial charge in [-0.15, -0.1) is 0 Å². The number of hydrogen-bond acceptors (Lipinski definition) is 7. The van der Waals surface area contributed by atoms with E-state index in [-0.39, 0.29) is 17.3 Å². The van der Waals surface area contributed by atoms with Crippen LogP contribution >= 0.6 is 0 Å². The van der Waals surface area contributed by atoms with Crippen LogP contribution in [0.15, 0.2) is 113 Å². The van der Waals surface area contributed by atoms with Crippen LogP contribution in [0, 0.1) is 0 Å². The van der Waals surface area contributed by atoms with E-state index in [9.17, 15) is 18.3 Å². The zero-order valence-corrected chi connectivity index (χ0v) is 24.9. The number of aliphatic imine (C=N–C) groups is 1. The van der Waals surface area contributed by atoms with Crippen LogP contribution in [0.25, 0.3) is 10.9 Å². The predicted molar refractivity (Wildman–Crippen MR) is 169 cm³/mol. The van der Waals surface area contributed by atoms with E-state index in [2.05, 4.69) is 4.98 Å². The van der Waals surface area contributed by atoms with E-state index in [0.29, 0.717) is 45.7 Å². The second-order valence-electron chi connectivity index (χ2n) is 10.1. The number of ether oxygens (including phenoxy) is 1. The molecule has 2 N–H and O–H groups in total. The van der Waals surface area contributed by atoms with Crippen molar-refractivity contribution in [2.75, 3.05) is 38.6 Å². The summed E-state index contributed by atoms with van der Waals surface area (Å²) in [7, 11) is 1.30. The van der Waals surface area contributed by atoms with Crippen LogP contribution < -0.4 is 4.31 Å². The number of esters is 1. The molecular formula is C33H32N4O5S. The molecule has 0 unspecified atom stereocenters. The van der Waals surface area contributed by atoms with E-state index < -0.39 is 16.0 Å². The number of likely N-dealkylation sites (N-methyl/N-ethyl adjacent to an activating group) is 1. The largest absolute Gasteiger partial charge is 0.494 e. The summed E-state index contributed by atoms with van der Waals surface area (Å²) >= 11 is 0. The third-order valence-electron chi connectivity index (χ3n) is 6.94. The molecule has 220 valence electrons. The van der Waals surface area contributed by atoms with Crippen molar-refractivity contribution >= 4 is 44.0 Å². The molecule has 0 spiro atoms. The van der Waals surface area contributed by atoms with Gasteiger partial charge in [0, 0.05) is 29.6 Å². The quantitative estimate of drug-likeness (QED) is 0.161. The molecule has 0 fully saturated rings. The van der Waals surface area contributed by atoms with Crippen LogP contribution in [0.5, 0.6) is 5.88 Å². The van der Waals surface area contributed by atoms with Crippen LogP contribution in [0.4, 0.5) is 11.4 Å². The molecule has 1 aromatic heterocycles. The number of hydrogen-bond donors (Lipinski definition) is 2. The van der Waals surface area contributed by atoms with Crippen LogP contribution in [0.3, 0.4) is 0 Å². The minimum atomic E-state index is -3.81. The topological polar surface area (TPSA) is 115 Å². The van der Waals surface area contributed by atoms with Gasteiger partial charge in [0.1, 0.15) is 0 Å². The van der Waals surface area contributed by atoms with Gasteiger partial charge in [-0.25, -0.2) is 18.2 Å². The second kappa shape index (κ2) is 12.5. The molecule has 1 heterocycles. The Morgan fingerprint density at radius 1 is 0.860 bits per heavy atom. The van der Waals surface area contributed by atoms with E-state index in [0.717, 1.165) is 5.56 Å². The lowest BCUT2D eigenvalue weighted by atomic mass is 10.00. The molecule has 0 amide bonds. The molecule has 5 rings (SSSR count). The molecular weight excluding hydrogens is 564 g/mol. The SMILES string of the molecule is COC(=O)c1ccc2c(C(=Nc3ccc(N(CCN(C)C)S(=O)(=O)c4ccccc4)cc3)c3ccccc3)c(O)[nH]c2c1. The van der Waals surface area contributed by atoms with Crippen molar-refractivity contribution in [1.29, 1.82) is 0 Å². The number of methoxy groups -OCH3 is 1. The lowest BCUT2D eigenvalue weighted by Crippen LogP contribution is -2.36. The Labute approximate surface area is 250 Å². The normalized spacial score (nSPS) is 12.0. The molecule has 9 nitrogen and oxygen atoms in total. The highest BCUT2D eigenvalue weighted by Gasteiger charge is 2.25. The van der Waals surface area contributed by atoms with Crippen molar-refractivity contribution in [2.24, 2.45) is 4.99 Å². The molecule has 0 bridgehead atoms. The Hall–Kier alpha value is -4.93. The van der Waals surface area contributed by atoms with Gasteiger partial charge < -0.3 is 19.7 Å². The van der Waals surface area contributed by atoms with Gasteiger partial charge in [-0.1, -0.05) is 54.6 Å². The second-order valence-corrected chi connectivity index (χ2v) is 12.0. The van der Waals surface area contributed by atoms with E-state index in [1.807, 2.05) is 49.3 Å². The summed E-state index contributed by atoms with van der Waals surface area (Å²) in [6.45, 7) is 0.792. The van der Waals surface area contributed by atoms with E-state index in [4.69, 9.17) is 9.73 Å². The number of H-pyrrole nitrogens is 1. The highest BCUT2D eigenvalue weighted by molar-refractivity contribution is 7.92. The zero-order chi connectivity index (χ0) is 30.6. The molecule has 0 aliphatic carbocycles. The van der Waals surface area contributed by atoms with Crippen molar-refractivity contribution in [3.8, 4) is 5.88 Å². The first-order chi connectivity index (χ1) is 20.7. The summed E-state index contributed by atoms with van der Waals surface area (Å²) < 4.78 is 33.5. The predicted octanol–water partition coefficient (Wildman–Crippen LogP) is 5.59. The lowest BCUT2D eigenvalue weighted by molar-refractivity contribution is 0.0601. The average Bonchev–Trinajstić information content (AvgIpc) is 3.35. The number of aromatic hydroxyl groups is 1. The summed E-state index contributed by atoms with van der Waals surface area (Å²) in [4.78, 5) is 22.1. The Kier molecular flexibility index (Phi) is 8.61. The van der Waals surface area contributed by atoms with Crippen LogP contribution in [-0.2, 0) is 14.8 Å². The number of aromatic nitrogens is 1. The average molecular weight is 597 g/mol. The fourth-order valence-electron chi connectivity index (χ4n) is 4.75. The van der Waals surface area contributed by atoms with E-state index in [1.54, 1.807) is 72.8 Å². The molecule has 5 aromatic rings. The molecule has 10 heteroatoms. The van der Waals surface area contributed by atoms with Gasteiger partial charge in [0.2, 0.25) is 0 Å². The highest BCUT2D eigenvalue weighted by atomic mass is 32.2. The Balaban J connectivity index is 1.58. The van der Waals surface area contributed by atoms with Crippen molar-refractivity contribution in [3.63, 3.8) is 0 Å². The fraction of sp³-hybridized carbons (Fsp3) is 0.152. The number of aromatic amines is 1. The molecule has 0 saturated heterocycles.